The Kier molecular flexibility index (Phi) is 4.16. The Balaban J connectivity index is 1.81. The zero-order chi connectivity index (χ0) is 11.5. The second-order valence-corrected chi connectivity index (χ2v) is 6.44. The molecular formula is C11H17ClN2OS. The van der Waals surface area contributed by atoms with Gasteiger partial charge < -0.3 is 4.74 Å². The monoisotopic (exact) mass is 260 g/mol. The number of nitrogens with zero attached hydrogens (tertiary/aromatic N) is 2. The molecule has 1 aliphatic rings. The molecule has 0 aromatic carbocycles. The molecule has 1 fully saturated rings. The molecule has 5 heteroatoms. The van der Waals surface area contributed by atoms with E-state index in [-0.39, 0.29) is 0 Å². The number of halogens is 1. The minimum absolute atomic E-state index is 0.376. The van der Waals surface area contributed by atoms with E-state index in [0.717, 1.165) is 29.7 Å². The average molecular weight is 261 g/mol. The van der Waals surface area contributed by atoms with Crippen LogP contribution in [-0.2, 0) is 11.3 Å². The van der Waals surface area contributed by atoms with Gasteiger partial charge in [-0.25, -0.2) is 0 Å². The third-order valence-electron chi connectivity index (χ3n) is 3.02. The summed E-state index contributed by atoms with van der Waals surface area (Å²) in [7, 11) is 0. The van der Waals surface area contributed by atoms with Gasteiger partial charge in [-0.2, -0.15) is 0 Å². The highest BCUT2D eigenvalue weighted by Gasteiger charge is 2.24. The lowest BCUT2D eigenvalue weighted by Crippen LogP contribution is -2.26. The first-order valence-electron chi connectivity index (χ1n) is 5.73. The van der Waals surface area contributed by atoms with Crippen molar-refractivity contribution in [2.75, 3.05) is 0 Å². The summed E-state index contributed by atoms with van der Waals surface area (Å²) in [4.78, 5) is 0. The Morgan fingerprint density at radius 1 is 1.25 bits per heavy atom. The molecule has 0 amide bonds. The molecule has 0 spiro atoms. The van der Waals surface area contributed by atoms with Gasteiger partial charge in [-0.15, -0.1) is 10.2 Å². The summed E-state index contributed by atoms with van der Waals surface area (Å²) in [6.45, 7) is 5.15. The van der Waals surface area contributed by atoms with Crippen molar-refractivity contribution < 1.29 is 4.74 Å². The number of hydrogen-bond acceptors (Lipinski definition) is 4. The molecule has 0 saturated heterocycles. The number of ether oxygens (including phenoxy) is 1. The number of aromatic nitrogens is 2. The summed E-state index contributed by atoms with van der Waals surface area (Å²) in [5.41, 5.74) is 0. The lowest BCUT2D eigenvalue weighted by Gasteiger charge is -2.31. The summed E-state index contributed by atoms with van der Waals surface area (Å²) < 4.78 is 6.36. The van der Waals surface area contributed by atoms with Gasteiger partial charge in [0, 0.05) is 0 Å². The van der Waals surface area contributed by atoms with Crippen molar-refractivity contribution >= 4 is 22.9 Å². The van der Waals surface area contributed by atoms with Gasteiger partial charge in [0.05, 0.1) is 6.10 Å². The summed E-state index contributed by atoms with van der Waals surface area (Å²) in [5.74, 6) is 1.54. The van der Waals surface area contributed by atoms with Crippen LogP contribution >= 0.6 is 22.9 Å². The highest BCUT2D eigenvalue weighted by atomic mass is 35.5. The summed E-state index contributed by atoms with van der Waals surface area (Å²) in [6, 6.07) is 0. The molecule has 2 rings (SSSR count). The molecule has 1 aliphatic carbocycles. The topological polar surface area (TPSA) is 35.0 Å². The average Bonchev–Trinajstić information content (AvgIpc) is 2.60. The smallest absolute Gasteiger partial charge is 0.207 e. The van der Waals surface area contributed by atoms with Crippen LogP contribution in [0.15, 0.2) is 0 Å². The molecule has 16 heavy (non-hydrogen) atoms. The van der Waals surface area contributed by atoms with Crippen molar-refractivity contribution in [3.8, 4) is 0 Å². The first kappa shape index (κ1) is 12.3. The minimum Gasteiger partial charge on any atom is -0.371 e. The Morgan fingerprint density at radius 3 is 2.50 bits per heavy atom. The quantitative estimate of drug-likeness (QED) is 0.834. The lowest BCUT2D eigenvalue weighted by molar-refractivity contribution is -0.00939. The van der Waals surface area contributed by atoms with Gasteiger partial charge in [0.25, 0.3) is 0 Å². The van der Waals surface area contributed by atoms with Crippen LogP contribution < -0.4 is 0 Å². The van der Waals surface area contributed by atoms with E-state index in [4.69, 9.17) is 16.3 Å². The summed E-state index contributed by atoms with van der Waals surface area (Å²) >= 11 is 7.11. The zero-order valence-corrected chi connectivity index (χ0v) is 11.2. The van der Waals surface area contributed by atoms with E-state index in [1.165, 1.54) is 17.8 Å². The fourth-order valence-electron chi connectivity index (χ4n) is 2.49. The van der Waals surface area contributed by atoms with Crippen molar-refractivity contribution in [1.29, 1.82) is 0 Å². The maximum atomic E-state index is 5.87. The molecule has 1 heterocycles. The lowest BCUT2D eigenvalue weighted by atomic mass is 9.82. The van der Waals surface area contributed by atoms with Crippen LogP contribution in [0.3, 0.4) is 0 Å². The van der Waals surface area contributed by atoms with Gasteiger partial charge in [-0.05, 0) is 42.7 Å². The van der Waals surface area contributed by atoms with Crippen LogP contribution in [0.25, 0.3) is 0 Å². The molecule has 1 saturated carbocycles. The van der Waals surface area contributed by atoms with Crippen LogP contribution in [-0.4, -0.2) is 16.3 Å². The van der Waals surface area contributed by atoms with Crippen molar-refractivity contribution in [1.82, 2.24) is 10.2 Å². The molecule has 0 aliphatic heterocycles. The fraction of sp³-hybridized carbons (Fsp3) is 0.818. The Hall–Kier alpha value is -0.190. The van der Waals surface area contributed by atoms with Crippen molar-refractivity contribution in [3.05, 3.63) is 9.47 Å². The van der Waals surface area contributed by atoms with E-state index < -0.39 is 0 Å². The van der Waals surface area contributed by atoms with Gasteiger partial charge in [-0.1, -0.05) is 25.2 Å². The van der Waals surface area contributed by atoms with Crippen LogP contribution in [0.4, 0.5) is 0 Å². The minimum atomic E-state index is 0.376. The van der Waals surface area contributed by atoms with E-state index in [0.29, 0.717) is 17.2 Å². The third kappa shape index (κ3) is 3.40. The largest absolute Gasteiger partial charge is 0.371 e. The standard InChI is InChI=1S/C11H17ClN2OS/c1-7-3-8(2)5-9(4-7)15-6-10-13-14-11(12)16-10/h7-9H,3-6H2,1-2H3. The predicted molar refractivity (Wildman–Crippen MR) is 65.7 cm³/mol. The van der Waals surface area contributed by atoms with Crippen LogP contribution in [0, 0.1) is 11.8 Å². The fourth-order valence-corrected chi connectivity index (χ4v) is 3.28. The number of hydrogen-bond donors (Lipinski definition) is 0. The van der Waals surface area contributed by atoms with Crippen LogP contribution in [0.5, 0.6) is 0 Å². The highest BCUT2D eigenvalue weighted by Crippen LogP contribution is 2.31. The van der Waals surface area contributed by atoms with Crippen molar-refractivity contribution in [2.24, 2.45) is 11.8 Å². The molecule has 0 bridgehead atoms. The van der Waals surface area contributed by atoms with E-state index in [1.807, 2.05) is 0 Å². The van der Waals surface area contributed by atoms with Crippen molar-refractivity contribution in [2.45, 2.75) is 45.8 Å². The van der Waals surface area contributed by atoms with Gasteiger partial charge in [0.15, 0.2) is 0 Å². The van der Waals surface area contributed by atoms with Gasteiger partial charge in [-0.3, -0.25) is 0 Å². The van der Waals surface area contributed by atoms with Crippen LogP contribution in [0.1, 0.15) is 38.1 Å². The molecule has 90 valence electrons. The molecule has 0 radical (unpaired) electrons. The Labute approximate surface area is 105 Å². The van der Waals surface area contributed by atoms with E-state index in [2.05, 4.69) is 24.0 Å². The zero-order valence-electron chi connectivity index (χ0n) is 9.65. The highest BCUT2D eigenvalue weighted by molar-refractivity contribution is 7.15. The second-order valence-electron chi connectivity index (χ2n) is 4.80. The normalized spacial score (nSPS) is 30.6. The summed E-state index contributed by atoms with van der Waals surface area (Å²) in [5, 5.41) is 8.59. The van der Waals surface area contributed by atoms with Gasteiger partial charge in [0.1, 0.15) is 11.6 Å². The predicted octanol–water partition coefficient (Wildman–Crippen LogP) is 3.53. The molecule has 1 aromatic heterocycles. The molecule has 3 nitrogen and oxygen atoms in total. The molecule has 2 atom stereocenters. The third-order valence-corrected chi connectivity index (χ3v) is 4.01. The van der Waals surface area contributed by atoms with Gasteiger partial charge in [0.2, 0.25) is 4.47 Å². The van der Waals surface area contributed by atoms with Crippen LogP contribution in [0.2, 0.25) is 4.47 Å². The molecular weight excluding hydrogens is 244 g/mol. The number of rotatable bonds is 3. The van der Waals surface area contributed by atoms with Crippen molar-refractivity contribution in [3.63, 3.8) is 0 Å². The maximum Gasteiger partial charge on any atom is 0.207 e. The summed E-state index contributed by atoms with van der Waals surface area (Å²) in [6.07, 6.45) is 4.03. The molecule has 1 aromatic rings. The van der Waals surface area contributed by atoms with E-state index in [1.54, 1.807) is 0 Å². The van der Waals surface area contributed by atoms with E-state index in [9.17, 15) is 0 Å². The van der Waals surface area contributed by atoms with E-state index >= 15 is 0 Å². The first-order valence-corrected chi connectivity index (χ1v) is 6.92. The Bertz CT molecular complexity index is 334. The first-order chi connectivity index (χ1) is 7.63. The molecule has 0 N–H and O–H groups in total. The van der Waals surface area contributed by atoms with Gasteiger partial charge >= 0.3 is 0 Å². The maximum absolute atomic E-state index is 5.87. The Morgan fingerprint density at radius 2 is 1.94 bits per heavy atom. The SMILES string of the molecule is CC1CC(C)CC(OCc2nnc(Cl)s2)C1. The second kappa shape index (κ2) is 5.43. The molecule has 2 unspecified atom stereocenters.